The van der Waals surface area contributed by atoms with Gasteiger partial charge in [0.1, 0.15) is 5.82 Å². The van der Waals surface area contributed by atoms with E-state index in [0.29, 0.717) is 17.8 Å². The Hall–Kier alpha value is -0.310. The SMILES string of the molecule is Fc1ccc(CNC2CCCC2CCl)cc1Cl. The monoisotopic (exact) mass is 275 g/mol. The maximum absolute atomic E-state index is 13.0. The second kappa shape index (κ2) is 6.03. The van der Waals surface area contributed by atoms with Gasteiger partial charge in [0.15, 0.2) is 0 Å². The van der Waals surface area contributed by atoms with Gasteiger partial charge in [-0.25, -0.2) is 4.39 Å². The van der Waals surface area contributed by atoms with Crippen molar-refractivity contribution in [1.82, 2.24) is 5.32 Å². The molecule has 2 unspecified atom stereocenters. The number of halogens is 3. The molecule has 4 heteroatoms. The molecule has 0 saturated heterocycles. The van der Waals surface area contributed by atoms with Crippen LogP contribution in [-0.2, 0) is 6.54 Å². The number of rotatable bonds is 4. The molecule has 2 atom stereocenters. The molecule has 1 aliphatic carbocycles. The van der Waals surface area contributed by atoms with Crippen molar-refractivity contribution in [2.45, 2.75) is 31.8 Å². The summed E-state index contributed by atoms with van der Waals surface area (Å²) < 4.78 is 13.0. The van der Waals surface area contributed by atoms with Crippen molar-refractivity contribution >= 4 is 23.2 Å². The predicted octanol–water partition coefficient (Wildman–Crippen LogP) is 3.98. The molecule has 2 rings (SSSR count). The highest BCUT2D eigenvalue weighted by Crippen LogP contribution is 2.27. The first kappa shape index (κ1) is 13.1. The van der Waals surface area contributed by atoms with Crippen LogP contribution in [0.1, 0.15) is 24.8 Å². The Kier molecular flexibility index (Phi) is 4.66. The van der Waals surface area contributed by atoms with Gasteiger partial charge >= 0.3 is 0 Å². The minimum absolute atomic E-state index is 0.185. The molecule has 94 valence electrons. The molecule has 17 heavy (non-hydrogen) atoms. The molecular formula is C13H16Cl2FN. The molecule has 1 aromatic carbocycles. The zero-order valence-electron chi connectivity index (χ0n) is 9.56. The second-order valence-electron chi connectivity index (χ2n) is 4.58. The van der Waals surface area contributed by atoms with Crippen molar-refractivity contribution in [3.63, 3.8) is 0 Å². The van der Waals surface area contributed by atoms with Crippen molar-refractivity contribution < 1.29 is 4.39 Å². The lowest BCUT2D eigenvalue weighted by atomic mass is 10.1. The highest BCUT2D eigenvalue weighted by molar-refractivity contribution is 6.30. The standard InChI is InChI=1S/C13H16Cl2FN/c14-7-10-2-1-3-13(10)17-8-9-4-5-12(16)11(15)6-9/h4-6,10,13,17H,1-3,7-8H2. The fourth-order valence-corrected chi connectivity index (χ4v) is 2.96. The summed E-state index contributed by atoms with van der Waals surface area (Å²) in [7, 11) is 0. The van der Waals surface area contributed by atoms with Gasteiger partial charge in [-0.1, -0.05) is 24.1 Å². The first-order valence-electron chi connectivity index (χ1n) is 5.94. The Bertz CT molecular complexity index is 384. The normalized spacial score (nSPS) is 24.2. The van der Waals surface area contributed by atoms with E-state index in [1.54, 1.807) is 12.1 Å². The van der Waals surface area contributed by atoms with Crippen molar-refractivity contribution in [1.29, 1.82) is 0 Å². The number of benzene rings is 1. The van der Waals surface area contributed by atoms with Gasteiger partial charge in [-0.3, -0.25) is 0 Å². The fraction of sp³-hybridized carbons (Fsp3) is 0.538. The lowest BCUT2D eigenvalue weighted by molar-refractivity contribution is 0.429. The van der Waals surface area contributed by atoms with Crippen molar-refractivity contribution in [2.24, 2.45) is 5.92 Å². The Morgan fingerprint density at radius 1 is 1.35 bits per heavy atom. The zero-order valence-corrected chi connectivity index (χ0v) is 11.1. The van der Waals surface area contributed by atoms with Crippen molar-refractivity contribution in [2.75, 3.05) is 5.88 Å². The molecule has 0 aliphatic heterocycles. The zero-order chi connectivity index (χ0) is 12.3. The molecule has 0 aromatic heterocycles. The van der Waals surface area contributed by atoms with E-state index < -0.39 is 0 Å². The molecule has 0 spiro atoms. The van der Waals surface area contributed by atoms with Crippen LogP contribution < -0.4 is 5.32 Å². The molecule has 1 fully saturated rings. The molecule has 1 aromatic rings. The van der Waals surface area contributed by atoms with Crippen LogP contribution in [0.3, 0.4) is 0 Å². The van der Waals surface area contributed by atoms with Crippen LogP contribution in [0.25, 0.3) is 0 Å². The molecule has 1 saturated carbocycles. The van der Waals surface area contributed by atoms with Crippen LogP contribution in [-0.4, -0.2) is 11.9 Å². The second-order valence-corrected chi connectivity index (χ2v) is 5.30. The first-order chi connectivity index (χ1) is 8.20. The van der Waals surface area contributed by atoms with Gasteiger partial charge in [0.25, 0.3) is 0 Å². The molecule has 1 N–H and O–H groups in total. The maximum atomic E-state index is 13.0. The quantitative estimate of drug-likeness (QED) is 0.820. The van der Waals surface area contributed by atoms with Crippen LogP contribution in [0.15, 0.2) is 18.2 Å². The summed E-state index contributed by atoms with van der Waals surface area (Å²) in [6, 6.07) is 5.33. The van der Waals surface area contributed by atoms with Crippen LogP contribution in [0.2, 0.25) is 5.02 Å². The van der Waals surface area contributed by atoms with Gasteiger partial charge in [0.2, 0.25) is 0 Å². The average molecular weight is 276 g/mol. The third-order valence-corrected chi connectivity index (χ3v) is 4.10. The summed E-state index contributed by atoms with van der Waals surface area (Å²) in [6.45, 7) is 0.720. The number of hydrogen-bond donors (Lipinski definition) is 1. The summed E-state index contributed by atoms with van der Waals surface area (Å²) in [6.07, 6.45) is 3.61. The van der Waals surface area contributed by atoms with Gasteiger partial charge < -0.3 is 5.32 Å². The minimum Gasteiger partial charge on any atom is -0.310 e. The van der Waals surface area contributed by atoms with E-state index in [2.05, 4.69) is 5.32 Å². The number of nitrogens with one attached hydrogen (secondary N) is 1. The van der Waals surface area contributed by atoms with Gasteiger partial charge in [0, 0.05) is 18.5 Å². The largest absolute Gasteiger partial charge is 0.310 e. The molecule has 0 bridgehead atoms. The maximum Gasteiger partial charge on any atom is 0.141 e. The van der Waals surface area contributed by atoms with Crippen LogP contribution in [0, 0.1) is 11.7 Å². The summed E-state index contributed by atoms with van der Waals surface area (Å²) in [5.74, 6) is 0.907. The van der Waals surface area contributed by atoms with Crippen molar-refractivity contribution in [3.05, 3.63) is 34.6 Å². The molecule has 0 amide bonds. The Morgan fingerprint density at radius 3 is 2.88 bits per heavy atom. The first-order valence-corrected chi connectivity index (χ1v) is 6.85. The van der Waals surface area contributed by atoms with E-state index >= 15 is 0 Å². The molecule has 0 heterocycles. The third kappa shape index (κ3) is 3.34. The minimum atomic E-state index is -0.366. The molecule has 0 radical (unpaired) electrons. The van der Waals surface area contributed by atoms with Gasteiger partial charge in [0.05, 0.1) is 5.02 Å². The van der Waals surface area contributed by atoms with E-state index in [-0.39, 0.29) is 10.8 Å². The average Bonchev–Trinajstić information content (AvgIpc) is 2.78. The number of alkyl halides is 1. The van der Waals surface area contributed by atoms with Crippen LogP contribution >= 0.6 is 23.2 Å². The van der Waals surface area contributed by atoms with E-state index in [9.17, 15) is 4.39 Å². The molecule has 1 aliphatic rings. The molecule has 1 nitrogen and oxygen atoms in total. The van der Waals surface area contributed by atoms with E-state index in [0.717, 1.165) is 12.1 Å². The highest BCUT2D eigenvalue weighted by atomic mass is 35.5. The lowest BCUT2D eigenvalue weighted by Gasteiger charge is -2.19. The molecular weight excluding hydrogens is 260 g/mol. The summed E-state index contributed by atoms with van der Waals surface area (Å²) in [5.41, 5.74) is 1.01. The Balaban J connectivity index is 1.91. The lowest BCUT2D eigenvalue weighted by Crippen LogP contribution is -2.32. The van der Waals surface area contributed by atoms with Gasteiger partial charge in [-0.05, 0) is 36.5 Å². The van der Waals surface area contributed by atoms with E-state index in [1.807, 2.05) is 0 Å². The van der Waals surface area contributed by atoms with E-state index in [4.69, 9.17) is 23.2 Å². The smallest absolute Gasteiger partial charge is 0.141 e. The fourth-order valence-electron chi connectivity index (χ4n) is 2.39. The third-order valence-electron chi connectivity index (χ3n) is 3.41. The Labute approximate surface area is 111 Å². The van der Waals surface area contributed by atoms with Crippen LogP contribution in [0.4, 0.5) is 4.39 Å². The van der Waals surface area contributed by atoms with Gasteiger partial charge in [-0.2, -0.15) is 0 Å². The van der Waals surface area contributed by atoms with Crippen molar-refractivity contribution in [3.8, 4) is 0 Å². The predicted molar refractivity (Wildman–Crippen MR) is 70.1 cm³/mol. The van der Waals surface area contributed by atoms with Crippen LogP contribution in [0.5, 0.6) is 0 Å². The van der Waals surface area contributed by atoms with E-state index in [1.165, 1.54) is 25.3 Å². The Morgan fingerprint density at radius 2 is 2.18 bits per heavy atom. The summed E-state index contributed by atoms with van der Waals surface area (Å²) in [5, 5.41) is 3.66. The van der Waals surface area contributed by atoms with Gasteiger partial charge in [-0.15, -0.1) is 11.6 Å². The topological polar surface area (TPSA) is 12.0 Å². The highest BCUT2D eigenvalue weighted by Gasteiger charge is 2.25. The summed E-state index contributed by atoms with van der Waals surface area (Å²) >= 11 is 11.7. The number of hydrogen-bond acceptors (Lipinski definition) is 1. The summed E-state index contributed by atoms with van der Waals surface area (Å²) in [4.78, 5) is 0.